The number of nitrogens with zero attached hydrogens (tertiary/aromatic N) is 3. The van der Waals surface area contributed by atoms with Gasteiger partial charge in [0, 0.05) is 17.0 Å². The number of carbonyl (C=O) groups excluding carboxylic acids is 1. The summed E-state index contributed by atoms with van der Waals surface area (Å²) in [4.78, 5) is 16.1. The molecule has 3 N–H and O–H groups in total. The molecule has 0 unspecified atom stereocenters. The van der Waals surface area contributed by atoms with Crippen LogP contribution in [0.5, 0.6) is 0 Å². The Labute approximate surface area is 264 Å². The van der Waals surface area contributed by atoms with E-state index in [1.807, 2.05) is 42.5 Å². The van der Waals surface area contributed by atoms with Gasteiger partial charge in [-0.25, -0.2) is 4.68 Å². The number of amides is 1. The van der Waals surface area contributed by atoms with Crippen LogP contribution in [0.4, 0.5) is 11.5 Å². The SMILES string of the molecule is CN1CCC(C(=O)Nc2nn(C(c3ccccc3)(c3ccccc3)c3ccccc3)c3ccc(-c4ccc(N)cc4)cc23)CC1. The zero-order chi connectivity index (χ0) is 30.8. The van der Waals surface area contributed by atoms with Crippen molar-refractivity contribution in [2.24, 2.45) is 5.92 Å². The smallest absolute Gasteiger partial charge is 0.228 e. The van der Waals surface area contributed by atoms with E-state index < -0.39 is 5.54 Å². The first-order chi connectivity index (χ1) is 22.0. The van der Waals surface area contributed by atoms with E-state index in [9.17, 15) is 4.79 Å². The molecule has 1 aliphatic heterocycles. The van der Waals surface area contributed by atoms with Crippen LogP contribution >= 0.6 is 0 Å². The molecular formula is C39H37N5O. The number of nitrogens with two attached hydrogens (primary N) is 1. The van der Waals surface area contributed by atoms with Crippen molar-refractivity contribution in [2.45, 2.75) is 18.4 Å². The molecule has 5 aromatic carbocycles. The summed E-state index contributed by atoms with van der Waals surface area (Å²) in [7, 11) is 2.11. The highest BCUT2D eigenvalue weighted by molar-refractivity contribution is 6.02. The van der Waals surface area contributed by atoms with Gasteiger partial charge in [-0.3, -0.25) is 4.79 Å². The number of nitrogens with one attached hydrogen (secondary N) is 1. The number of likely N-dealkylation sites (tertiary alicyclic amines) is 1. The number of piperidine rings is 1. The standard InChI is InChI=1S/C39H37N5O/c1-43-25-23-29(24-26-43)38(45)41-37-35-27-30(28-17-20-34(40)21-18-28)19-22-36(35)44(42-37)39(31-11-5-2-6-12-31,32-13-7-3-8-14-32)33-15-9-4-10-16-33/h2-22,27,29H,23-26,40H2,1H3,(H,41,42,45). The molecule has 45 heavy (non-hydrogen) atoms. The van der Waals surface area contributed by atoms with Gasteiger partial charge in [0.25, 0.3) is 0 Å². The lowest BCUT2D eigenvalue weighted by Gasteiger charge is -2.37. The van der Waals surface area contributed by atoms with Gasteiger partial charge >= 0.3 is 0 Å². The van der Waals surface area contributed by atoms with Crippen molar-refractivity contribution in [3.05, 3.63) is 150 Å². The number of anilines is 2. The van der Waals surface area contributed by atoms with Crippen LogP contribution in [-0.2, 0) is 10.3 Å². The fraction of sp³-hybridized carbons (Fsp3) is 0.179. The average molecular weight is 592 g/mol. The molecule has 0 aliphatic carbocycles. The topological polar surface area (TPSA) is 76.2 Å². The molecule has 0 bridgehead atoms. The first-order valence-corrected chi connectivity index (χ1v) is 15.6. The van der Waals surface area contributed by atoms with E-state index in [2.05, 4.69) is 113 Å². The Morgan fingerprint density at radius 1 is 0.733 bits per heavy atom. The van der Waals surface area contributed by atoms with Crippen molar-refractivity contribution >= 4 is 28.3 Å². The van der Waals surface area contributed by atoms with E-state index in [1.54, 1.807) is 0 Å². The first kappa shape index (κ1) is 28.6. The van der Waals surface area contributed by atoms with E-state index in [4.69, 9.17) is 10.8 Å². The van der Waals surface area contributed by atoms with Crippen molar-refractivity contribution in [1.29, 1.82) is 0 Å². The Kier molecular flexibility index (Phi) is 7.66. The van der Waals surface area contributed by atoms with Crippen LogP contribution in [0.3, 0.4) is 0 Å². The van der Waals surface area contributed by atoms with Gasteiger partial charge < -0.3 is 16.0 Å². The normalized spacial score (nSPS) is 14.4. The number of nitrogen functional groups attached to an aromatic ring is 1. The van der Waals surface area contributed by atoms with Gasteiger partial charge in [-0.15, -0.1) is 0 Å². The van der Waals surface area contributed by atoms with E-state index in [0.717, 1.165) is 70.3 Å². The predicted octanol–water partition coefficient (Wildman–Crippen LogP) is 7.41. The molecular weight excluding hydrogens is 554 g/mol. The molecule has 0 saturated carbocycles. The maximum absolute atomic E-state index is 13.8. The maximum atomic E-state index is 13.8. The zero-order valence-electron chi connectivity index (χ0n) is 25.4. The fourth-order valence-electron chi connectivity index (χ4n) is 6.72. The second-order valence-corrected chi connectivity index (χ2v) is 12.0. The van der Waals surface area contributed by atoms with Crippen LogP contribution in [0.2, 0.25) is 0 Å². The van der Waals surface area contributed by atoms with Gasteiger partial charge in [0.1, 0.15) is 5.54 Å². The molecule has 224 valence electrons. The molecule has 0 radical (unpaired) electrons. The largest absolute Gasteiger partial charge is 0.399 e. The fourth-order valence-corrected chi connectivity index (χ4v) is 6.72. The summed E-state index contributed by atoms with van der Waals surface area (Å²) in [5.74, 6) is 0.541. The summed E-state index contributed by atoms with van der Waals surface area (Å²) in [6, 6.07) is 45.8. The van der Waals surface area contributed by atoms with Crippen LogP contribution in [0.15, 0.2) is 133 Å². The van der Waals surface area contributed by atoms with Gasteiger partial charge in [-0.1, -0.05) is 109 Å². The van der Waals surface area contributed by atoms with E-state index in [1.165, 1.54) is 0 Å². The molecule has 6 aromatic rings. The van der Waals surface area contributed by atoms with Gasteiger partial charge in [0.15, 0.2) is 5.82 Å². The number of rotatable bonds is 7. The Hall–Kier alpha value is -5.20. The third kappa shape index (κ3) is 5.28. The zero-order valence-corrected chi connectivity index (χ0v) is 25.4. The number of hydrogen-bond donors (Lipinski definition) is 2. The number of benzene rings is 5. The number of carbonyl (C=O) groups is 1. The molecule has 1 fully saturated rings. The highest BCUT2D eigenvalue weighted by Crippen LogP contribution is 2.44. The van der Waals surface area contributed by atoms with Crippen molar-refractivity contribution < 1.29 is 4.79 Å². The third-order valence-electron chi connectivity index (χ3n) is 9.15. The number of fused-ring (bicyclic) bond motifs is 1. The van der Waals surface area contributed by atoms with Gasteiger partial charge in [0.2, 0.25) is 5.91 Å². The summed E-state index contributed by atoms with van der Waals surface area (Å²) in [6.07, 6.45) is 1.67. The molecule has 6 nitrogen and oxygen atoms in total. The summed E-state index contributed by atoms with van der Waals surface area (Å²) >= 11 is 0. The minimum atomic E-state index is -0.818. The van der Waals surface area contributed by atoms with Crippen molar-refractivity contribution in [3.8, 4) is 11.1 Å². The van der Waals surface area contributed by atoms with Gasteiger partial charge in [-0.2, -0.15) is 5.10 Å². The van der Waals surface area contributed by atoms with E-state index in [-0.39, 0.29) is 11.8 Å². The second-order valence-electron chi connectivity index (χ2n) is 12.0. The monoisotopic (exact) mass is 591 g/mol. The summed E-state index contributed by atoms with van der Waals surface area (Å²) < 4.78 is 2.11. The lowest BCUT2D eigenvalue weighted by atomic mass is 9.77. The van der Waals surface area contributed by atoms with Gasteiger partial charge in [0.05, 0.1) is 5.52 Å². The average Bonchev–Trinajstić information content (AvgIpc) is 3.44. The molecule has 1 aromatic heterocycles. The lowest BCUT2D eigenvalue weighted by molar-refractivity contribution is -0.121. The Morgan fingerprint density at radius 2 is 1.24 bits per heavy atom. The van der Waals surface area contributed by atoms with Crippen LogP contribution in [-0.4, -0.2) is 40.7 Å². The highest BCUT2D eigenvalue weighted by Gasteiger charge is 2.41. The summed E-state index contributed by atoms with van der Waals surface area (Å²) in [6.45, 7) is 1.82. The third-order valence-corrected chi connectivity index (χ3v) is 9.15. The van der Waals surface area contributed by atoms with Crippen molar-refractivity contribution in [2.75, 3.05) is 31.2 Å². The predicted molar refractivity (Wildman–Crippen MR) is 183 cm³/mol. The molecule has 6 heteroatoms. The Balaban J connectivity index is 1.49. The molecule has 2 heterocycles. The van der Waals surface area contributed by atoms with Crippen LogP contribution < -0.4 is 11.1 Å². The molecule has 1 aliphatic rings. The minimum absolute atomic E-state index is 0.0253. The Bertz CT molecular complexity index is 1810. The van der Waals surface area contributed by atoms with Gasteiger partial charge in [-0.05, 0) is 85.1 Å². The summed E-state index contributed by atoms with van der Waals surface area (Å²) in [5, 5.41) is 9.53. The minimum Gasteiger partial charge on any atom is -0.399 e. The molecule has 7 rings (SSSR count). The highest BCUT2D eigenvalue weighted by atomic mass is 16.2. The molecule has 0 spiro atoms. The Morgan fingerprint density at radius 3 is 1.78 bits per heavy atom. The molecule has 1 amide bonds. The van der Waals surface area contributed by atoms with Crippen LogP contribution in [0.1, 0.15) is 29.5 Å². The maximum Gasteiger partial charge on any atom is 0.228 e. The van der Waals surface area contributed by atoms with Crippen LogP contribution in [0.25, 0.3) is 22.0 Å². The molecule has 0 atom stereocenters. The van der Waals surface area contributed by atoms with E-state index in [0.29, 0.717) is 5.82 Å². The van der Waals surface area contributed by atoms with Crippen molar-refractivity contribution in [1.82, 2.24) is 14.7 Å². The summed E-state index contributed by atoms with van der Waals surface area (Å²) in [5.41, 5.74) is 12.1. The van der Waals surface area contributed by atoms with Crippen molar-refractivity contribution in [3.63, 3.8) is 0 Å². The van der Waals surface area contributed by atoms with E-state index >= 15 is 0 Å². The molecule has 1 saturated heterocycles. The quantitative estimate of drug-likeness (QED) is 0.150. The lowest BCUT2D eigenvalue weighted by Crippen LogP contribution is -2.39. The van der Waals surface area contributed by atoms with Crippen LogP contribution in [0, 0.1) is 5.92 Å². The first-order valence-electron chi connectivity index (χ1n) is 15.6. The second kappa shape index (κ2) is 12.1. The number of hydrogen-bond acceptors (Lipinski definition) is 4. The number of aromatic nitrogens is 2.